The van der Waals surface area contributed by atoms with Gasteiger partial charge in [-0.3, -0.25) is 9.59 Å². The molecule has 1 saturated carbocycles. The highest BCUT2D eigenvalue weighted by atomic mass is 16.5. The monoisotopic (exact) mass is 352 g/mol. The van der Waals surface area contributed by atoms with Crippen LogP contribution in [0.5, 0.6) is 0 Å². The molecule has 142 valence electrons. The van der Waals surface area contributed by atoms with Crippen molar-refractivity contribution in [2.24, 2.45) is 5.92 Å². The van der Waals surface area contributed by atoms with Crippen LogP contribution in [0.2, 0.25) is 0 Å². The molecule has 0 bridgehead atoms. The summed E-state index contributed by atoms with van der Waals surface area (Å²) in [6.45, 7) is 2.77. The highest BCUT2D eigenvalue weighted by molar-refractivity contribution is 5.79. The molecular weight excluding hydrogens is 320 g/mol. The van der Waals surface area contributed by atoms with Crippen LogP contribution in [0.1, 0.15) is 51.4 Å². The number of hydrogen-bond acceptors (Lipinski definition) is 4. The largest absolute Gasteiger partial charge is 0.383 e. The van der Waals surface area contributed by atoms with E-state index in [4.69, 9.17) is 9.47 Å². The summed E-state index contributed by atoms with van der Waals surface area (Å²) in [4.78, 5) is 28.7. The molecule has 6 heteroatoms. The smallest absolute Gasteiger partial charge is 0.249 e. The predicted octanol–water partition coefficient (Wildman–Crippen LogP) is 1.82. The molecule has 2 aliphatic heterocycles. The Labute approximate surface area is 150 Å². The summed E-state index contributed by atoms with van der Waals surface area (Å²) < 4.78 is 10.9. The summed E-state index contributed by atoms with van der Waals surface area (Å²) in [5.41, 5.74) is 0. The van der Waals surface area contributed by atoms with Crippen LogP contribution in [0.4, 0.5) is 0 Å². The number of likely N-dealkylation sites (tertiary alicyclic amines) is 1. The molecule has 0 unspecified atom stereocenters. The molecule has 0 N–H and O–H groups in total. The molecule has 3 aliphatic rings. The van der Waals surface area contributed by atoms with Crippen molar-refractivity contribution < 1.29 is 19.1 Å². The molecule has 3 rings (SSSR count). The van der Waals surface area contributed by atoms with Gasteiger partial charge in [0.2, 0.25) is 11.8 Å². The topological polar surface area (TPSA) is 59.1 Å². The first kappa shape index (κ1) is 18.6. The molecule has 0 spiro atoms. The van der Waals surface area contributed by atoms with Gasteiger partial charge in [-0.15, -0.1) is 0 Å². The van der Waals surface area contributed by atoms with Gasteiger partial charge in [0.05, 0.1) is 18.8 Å². The van der Waals surface area contributed by atoms with E-state index >= 15 is 0 Å². The molecule has 2 atom stereocenters. The number of carbonyl (C=O) groups excluding carboxylic acids is 2. The highest BCUT2D eigenvalue weighted by Crippen LogP contribution is 2.29. The number of nitrogens with zero attached hydrogens (tertiary/aromatic N) is 2. The Bertz CT molecular complexity index is 464. The molecule has 3 fully saturated rings. The van der Waals surface area contributed by atoms with Crippen molar-refractivity contribution in [2.75, 3.05) is 40.0 Å². The lowest BCUT2D eigenvalue weighted by atomic mass is 10.0. The van der Waals surface area contributed by atoms with Crippen LogP contribution in [0.15, 0.2) is 0 Å². The fourth-order valence-electron chi connectivity index (χ4n) is 4.57. The summed E-state index contributed by atoms with van der Waals surface area (Å²) in [6, 6.07) is 0.0732. The van der Waals surface area contributed by atoms with Crippen molar-refractivity contribution in [1.29, 1.82) is 0 Å². The standard InChI is InChI=1S/C19H32N2O4/c1-24-13-12-21-16-8-10-20(11-9-17(16)25-14-19(21)23)18(22)7-6-15-4-2-3-5-15/h15-17H,2-14H2,1H3/t16-,17-/m0/s1. The van der Waals surface area contributed by atoms with Gasteiger partial charge in [0.15, 0.2) is 0 Å². The van der Waals surface area contributed by atoms with E-state index < -0.39 is 0 Å². The lowest BCUT2D eigenvalue weighted by Crippen LogP contribution is -2.55. The molecule has 2 amide bonds. The van der Waals surface area contributed by atoms with Gasteiger partial charge < -0.3 is 19.3 Å². The molecular formula is C19H32N2O4. The zero-order valence-electron chi connectivity index (χ0n) is 15.5. The first-order valence-electron chi connectivity index (χ1n) is 9.87. The minimum absolute atomic E-state index is 0.0410. The summed E-state index contributed by atoms with van der Waals surface area (Å²) in [5.74, 6) is 1.07. The lowest BCUT2D eigenvalue weighted by Gasteiger charge is -2.40. The van der Waals surface area contributed by atoms with Crippen LogP contribution in [0.25, 0.3) is 0 Å². The third-order valence-corrected chi connectivity index (χ3v) is 6.08. The molecule has 25 heavy (non-hydrogen) atoms. The fraction of sp³-hybridized carbons (Fsp3) is 0.895. The highest BCUT2D eigenvalue weighted by Gasteiger charge is 2.38. The van der Waals surface area contributed by atoms with E-state index in [0.717, 1.165) is 38.3 Å². The van der Waals surface area contributed by atoms with Crippen LogP contribution in [-0.4, -0.2) is 73.7 Å². The van der Waals surface area contributed by atoms with Crippen molar-refractivity contribution in [3.8, 4) is 0 Å². The molecule has 2 heterocycles. The second-order valence-corrected chi connectivity index (χ2v) is 7.64. The van der Waals surface area contributed by atoms with E-state index in [2.05, 4.69) is 0 Å². The maximum absolute atomic E-state index is 12.6. The lowest BCUT2D eigenvalue weighted by molar-refractivity contribution is -0.158. The van der Waals surface area contributed by atoms with Gasteiger partial charge in [-0.1, -0.05) is 25.7 Å². The van der Waals surface area contributed by atoms with Gasteiger partial charge in [-0.2, -0.15) is 0 Å². The molecule has 0 aromatic carbocycles. The molecule has 0 radical (unpaired) electrons. The Kier molecular flexibility index (Phi) is 6.70. The quantitative estimate of drug-likeness (QED) is 0.732. The van der Waals surface area contributed by atoms with E-state index in [1.807, 2.05) is 9.80 Å². The van der Waals surface area contributed by atoms with E-state index in [0.29, 0.717) is 19.6 Å². The Balaban J connectivity index is 1.53. The number of amides is 2. The number of morpholine rings is 1. The summed E-state index contributed by atoms with van der Waals surface area (Å²) >= 11 is 0. The normalized spacial score (nSPS) is 28.1. The first-order valence-corrected chi connectivity index (χ1v) is 9.87. The molecule has 6 nitrogen and oxygen atoms in total. The van der Waals surface area contributed by atoms with Crippen molar-refractivity contribution in [3.05, 3.63) is 0 Å². The average Bonchev–Trinajstić information content (AvgIpc) is 3.04. The van der Waals surface area contributed by atoms with Crippen molar-refractivity contribution >= 4 is 11.8 Å². The van der Waals surface area contributed by atoms with E-state index in [1.165, 1.54) is 25.7 Å². The number of fused-ring (bicyclic) bond motifs is 1. The van der Waals surface area contributed by atoms with Crippen LogP contribution < -0.4 is 0 Å². The van der Waals surface area contributed by atoms with Crippen LogP contribution >= 0.6 is 0 Å². The zero-order valence-corrected chi connectivity index (χ0v) is 15.5. The molecule has 2 saturated heterocycles. The number of ether oxygens (including phenoxy) is 2. The number of rotatable bonds is 6. The van der Waals surface area contributed by atoms with Crippen molar-refractivity contribution in [3.63, 3.8) is 0 Å². The van der Waals surface area contributed by atoms with Gasteiger partial charge in [-0.05, 0) is 25.2 Å². The van der Waals surface area contributed by atoms with Crippen molar-refractivity contribution in [2.45, 2.75) is 63.5 Å². The van der Waals surface area contributed by atoms with Gasteiger partial charge >= 0.3 is 0 Å². The van der Waals surface area contributed by atoms with E-state index in [1.54, 1.807) is 7.11 Å². The maximum atomic E-state index is 12.6. The summed E-state index contributed by atoms with van der Waals surface area (Å²) in [7, 11) is 1.65. The third-order valence-electron chi connectivity index (χ3n) is 6.08. The minimum Gasteiger partial charge on any atom is -0.383 e. The van der Waals surface area contributed by atoms with E-state index in [-0.39, 0.29) is 30.6 Å². The maximum Gasteiger partial charge on any atom is 0.249 e. The second-order valence-electron chi connectivity index (χ2n) is 7.64. The molecule has 1 aliphatic carbocycles. The Hall–Kier alpha value is -1.14. The predicted molar refractivity (Wildman–Crippen MR) is 94.1 cm³/mol. The Morgan fingerprint density at radius 2 is 1.96 bits per heavy atom. The molecule has 0 aromatic heterocycles. The second kappa shape index (κ2) is 8.99. The molecule has 0 aromatic rings. The Morgan fingerprint density at radius 1 is 1.20 bits per heavy atom. The van der Waals surface area contributed by atoms with Crippen molar-refractivity contribution in [1.82, 2.24) is 9.80 Å². The van der Waals surface area contributed by atoms with E-state index in [9.17, 15) is 9.59 Å². The number of methoxy groups -OCH3 is 1. The third kappa shape index (κ3) is 4.73. The van der Waals surface area contributed by atoms with Crippen LogP contribution in [0, 0.1) is 5.92 Å². The first-order chi connectivity index (χ1) is 12.2. The summed E-state index contributed by atoms with van der Waals surface area (Å²) in [5, 5.41) is 0. The van der Waals surface area contributed by atoms with Crippen LogP contribution in [-0.2, 0) is 19.1 Å². The van der Waals surface area contributed by atoms with Gasteiger partial charge in [0.1, 0.15) is 6.61 Å². The Morgan fingerprint density at radius 3 is 2.72 bits per heavy atom. The van der Waals surface area contributed by atoms with Gasteiger partial charge in [-0.25, -0.2) is 0 Å². The number of hydrogen-bond donors (Lipinski definition) is 0. The average molecular weight is 352 g/mol. The summed E-state index contributed by atoms with van der Waals surface area (Å²) in [6.07, 6.45) is 8.62. The van der Waals surface area contributed by atoms with Crippen LogP contribution in [0.3, 0.4) is 0 Å². The fourth-order valence-corrected chi connectivity index (χ4v) is 4.57. The SMILES string of the molecule is COCCN1C(=O)CO[C@H]2CCN(C(=O)CCC3CCCC3)CC[C@@H]21. The van der Waals surface area contributed by atoms with Gasteiger partial charge in [0, 0.05) is 33.2 Å². The number of carbonyl (C=O) groups is 2. The zero-order chi connectivity index (χ0) is 17.6. The minimum atomic E-state index is 0.0410. The van der Waals surface area contributed by atoms with Gasteiger partial charge in [0.25, 0.3) is 0 Å².